The molecule has 1 aliphatic heterocycles. The number of hydrogen-bond acceptors (Lipinski definition) is 0. The van der Waals surface area contributed by atoms with Gasteiger partial charge in [0, 0.05) is 22.8 Å². The first-order valence-electron chi connectivity index (χ1n) is 34.2. The number of unbranched alkanes of at least 4 members (excludes halogenated alkanes) is 43. The fourth-order valence-electron chi connectivity index (χ4n) is 11.0. The smallest absolute Gasteiger partial charge is 0.493 e. The Labute approximate surface area is 493 Å². The van der Waals surface area contributed by atoms with Gasteiger partial charge in [0.1, 0.15) is 0 Å². The van der Waals surface area contributed by atoms with Gasteiger partial charge in [-0.15, -0.1) is 0 Å². The number of benzene rings is 2. The second-order valence-electron chi connectivity index (χ2n) is 23.6. The molecule has 2 aromatic rings. The second kappa shape index (κ2) is 58.7. The minimum atomic E-state index is 0. The summed E-state index contributed by atoms with van der Waals surface area (Å²) >= 11 is 0. The minimum absolute atomic E-state index is 0. The number of hydrogen-bond donors (Lipinski definition) is 0. The molecule has 0 aliphatic carbocycles. The van der Waals surface area contributed by atoms with E-state index in [1.807, 2.05) is 0 Å². The molecule has 0 unspecified atom stereocenters. The van der Waals surface area contributed by atoms with Gasteiger partial charge < -0.3 is 19.4 Å². The molecule has 0 bridgehead atoms. The van der Waals surface area contributed by atoms with E-state index >= 15 is 0 Å². The first-order valence-corrected chi connectivity index (χ1v) is 34.2. The van der Waals surface area contributed by atoms with Gasteiger partial charge >= 0.3 is 16.5 Å². The Bertz CT molecular complexity index is 1550. The molecular weight excluding hydrogens is 976 g/mol. The van der Waals surface area contributed by atoms with Crippen molar-refractivity contribution in [2.24, 2.45) is 0 Å². The predicted octanol–water partition coefficient (Wildman–Crippen LogP) is 26.4. The molecule has 0 aromatic heterocycles. The standard InChI is InChI=1S/C32H44N2.2C21H43.Ni/c1-4-7-10-11-12-13-17-27-19-15-22-29(24-27)32-30(20-9-6-3)25-31(34(32)33)28-21-14-18-26(23-28)16-8-5-2;2*1-3-5-7-9-11-13-15-17-19-21-20-18-16-14-12-10-8-6-4-2;/h14-15,18-19,21-25H,4-13,16-17,20H2,1-3H3;2*1,3-21H2,2H3;/q;2*-1;+2. The molecule has 0 spiro atoms. The van der Waals surface area contributed by atoms with E-state index in [2.05, 4.69) is 103 Å². The van der Waals surface area contributed by atoms with Gasteiger partial charge in [-0.05, 0) is 73.9 Å². The van der Waals surface area contributed by atoms with E-state index in [1.165, 1.54) is 304 Å². The molecule has 0 fully saturated rings. The van der Waals surface area contributed by atoms with E-state index in [9.17, 15) is 5.53 Å². The van der Waals surface area contributed by atoms with Crippen LogP contribution in [0.25, 0.3) is 16.9 Å². The van der Waals surface area contributed by atoms with Crippen LogP contribution in [-0.2, 0) is 29.3 Å². The van der Waals surface area contributed by atoms with Crippen LogP contribution in [0.5, 0.6) is 0 Å². The van der Waals surface area contributed by atoms with Gasteiger partial charge in [-0.3, -0.25) is 0 Å². The fourth-order valence-corrected chi connectivity index (χ4v) is 11.0. The second-order valence-corrected chi connectivity index (χ2v) is 23.6. The van der Waals surface area contributed by atoms with Crippen LogP contribution in [0.4, 0.5) is 0 Å². The summed E-state index contributed by atoms with van der Waals surface area (Å²) in [5, 5.41) is 0. The van der Waals surface area contributed by atoms with Crippen molar-refractivity contribution in [3.05, 3.63) is 102 Å². The normalized spacial score (nSPS) is 12.1. The number of rotatable bonds is 51. The molecule has 2 aromatic carbocycles. The summed E-state index contributed by atoms with van der Waals surface area (Å²) in [6.07, 6.45) is 72.6. The largest absolute Gasteiger partial charge is 2.00 e. The summed E-state index contributed by atoms with van der Waals surface area (Å²) in [4.78, 5) is 0. The zero-order valence-electron chi connectivity index (χ0n) is 52.4. The number of aryl methyl sites for hydroxylation is 2. The van der Waals surface area contributed by atoms with Crippen molar-refractivity contribution in [3.63, 3.8) is 0 Å². The van der Waals surface area contributed by atoms with Gasteiger partial charge in [-0.2, -0.15) is 12.8 Å². The molecule has 0 atom stereocenters. The van der Waals surface area contributed by atoms with E-state index in [-0.39, 0.29) is 16.5 Å². The van der Waals surface area contributed by atoms with Crippen molar-refractivity contribution in [3.8, 4) is 0 Å². The molecule has 0 amide bonds. The zero-order valence-corrected chi connectivity index (χ0v) is 53.4. The van der Waals surface area contributed by atoms with E-state index in [0.717, 1.165) is 67.5 Å². The summed E-state index contributed by atoms with van der Waals surface area (Å²) < 4.78 is 1.45. The fraction of sp³-hybridized carbons (Fsp3) is 0.757. The number of allylic oxidation sites excluding steroid dienone is 2. The molecule has 1 heterocycles. The summed E-state index contributed by atoms with van der Waals surface area (Å²) in [6.45, 7) is 19.1. The average molecular weight is 1110 g/mol. The maximum Gasteiger partial charge on any atom is 2.00 e. The Morgan fingerprint density at radius 3 is 0.935 bits per heavy atom. The number of nitrogens with zero attached hydrogens (tertiary/aromatic N) is 2. The molecule has 2 nitrogen and oxygen atoms in total. The Morgan fingerprint density at radius 2 is 0.597 bits per heavy atom. The molecule has 1 aliphatic rings. The van der Waals surface area contributed by atoms with Crippen LogP contribution in [0.3, 0.4) is 0 Å². The summed E-state index contributed by atoms with van der Waals surface area (Å²) in [6, 6.07) is 17.6. The summed E-state index contributed by atoms with van der Waals surface area (Å²) in [5.41, 5.74) is 19.5. The molecule has 3 rings (SSSR count). The topological polar surface area (TPSA) is 25.3 Å². The van der Waals surface area contributed by atoms with Crippen molar-refractivity contribution in [2.75, 3.05) is 0 Å². The maximum absolute atomic E-state index is 11.4. The van der Waals surface area contributed by atoms with Gasteiger partial charge in [0.05, 0.1) is 0 Å². The van der Waals surface area contributed by atoms with Crippen LogP contribution >= 0.6 is 0 Å². The third kappa shape index (κ3) is 43.4. The Morgan fingerprint density at radius 1 is 0.325 bits per heavy atom. The third-order valence-corrected chi connectivity index (χ3v) is 16.1. The summed E-state index contributed by atoms with van der Waals surface area (Å²) in [7, 11) is 0. The van der Waals surface area contributed by atoms with Gasteiger partial charge in [0.25, 0.3) is 0 Å². The van der Waals surface area contributed by atoms with Crippen LogP contribution in [0.1, 0.15) is 371 Å². The SMILES string of the molecule is CCCCCCCCc1cccc(C2=C(CCCC)C=C(c3cccc(CCCC)c3)[N+]2=[N-])c1.[CH2-]CCCCCCCCCCCCCCCCCCCC.[CH2-]CCCCCCCCCCCCCCCCCCCC.[Ni+2]. The van der Waals surface area contributed by atoms with Crippen molar-refractivity contribution in [2.45, 2.75) is 362 Å². The van der Waals surface area contributed by atoms with Gasteiger partial charge in [0.2, 0.25) is 11.4 Å². The van der Waals surface area contributed by atoms with E-state index in [0.29, 0.717) is 0 Å². The molecule has 0 N–H and O–H groups in total. The van der Waals surface area contributed by atoms with E-state index < -0.39 is 0 Å². The molecule has 0 radical (unpaired) electrons. The molecule has 3 heteroatoms. The first kappa shape index (κ1) is 75.0. The van der Waals surface area contributed by atoms with Crippen molar-refractivity contribution in [1.82, 2.24) is 0 Å². The maximum atomic E-state index is 11.4. The van der Waals surface area contributed by atoms with Gasteiger partial charge in [0.15, 0.2) is 0 Å². The average Bonchev–Trinajstić information content (AvgIpc) is 3.79. The molecule has 446 valence electrons. The van der Waals surface area contributed by atoms with Crippen molar-refractivity contribution < 1.29 is 21.2 Å². The Kier molecular flexibility index (Phi) is 57.1. The minimum Gasteiger partial charge on any atom is -0.493 e. The van der Waals surface area contributed by atoms with Crippen molar-refractivity contribution in [1.29, 1.82) is 0 Å². The van der Waals surface area contributed by atoms with E-state index in [4.69, 9.17) is 0 Å². The molecular formula is C74H130N2Ni. The monoisotopic (exact) mass is 1100 g/mol. The zero-order chi connectivity index (χ0) is 55.0. The molecule has 77 heavy (non-hydrogen) atoms. The van der Waals surface area contributed by atoms with Crippen LogP contribution in [0.2, 0.25) is 0 Å². The van der Waals surface area contributed by atoms with Gasteiger partial charge in [-0.25, -0.2) is 4.70 Å². The van der Waals surface area contributed by atoms with Crippen molar-refractivity contribution >= 4 is 11.4 Å². The third-order valence-electron chi connectivity index (χ3n) is 16.1. The van der Waals surface area contributed by atoms with Crippen LogP contribution < -0.4 is 0 Å². The van der Waals surface area contributed by atoms with E-state index in [1.54, 1.807) is 0 Å². The van der Waals surface area contributed by atoms with Crippen LogP contribution in [0.15, 0.2) is 60.2 Å². The molecule has 0 saturated carbocycles. The summed E-state index contributed by atoms with van der Waals surface area (Å²) in [5.74, 6) is 0. The molecule has 0 saturated heterocycles. The predicted molar refractivity (Wildman–Crippen MR) is 344 cm³/mol. The Hall–Kier alpha value is -1.99. The first-order chi connectivity index (χ1) is 37.5. The van der Waals surface area contributed by atoms with Crippen LogP contribution in [0, 0.1) is 13.8 Å². The van der Waals surface area contributed by atoms with Crippen LogP contribution in [-0.4, -0.2) is 4.70 Å². The quantitative estimate of drug-likeness (QED) is 0.0273. The Balaban J connectivity index is 0.00000118. The van der Waals surface area contributed by atoms with Gasteiger partial charge in [-0.1, -0.05) is 335 Å².